The van der Waals surface area contributed by atoms with Crippen molar-refractivity contribution in [1.82, 2.24) is 30.7 Å². The molecule has 0 bridgehead atoms. The third kappa shape index (κ3) is 3.65. The molecule has 140 valence electrons. The lowest BCUT2D eigenvalue weighted by Gasteiger charge is -2.18. The zero-order valence-corrected chi connectivity index (χ0v) is 14.6. The Bertz CT molecular complexity index is 939. The molecule has 10 heteroatoms. The highest BCUT2D eigenvalue weighted by molar-refractivity contribution is 5.97. The number of aromatic nitrogens is 5. The number of phenols is 1. The van der Waals surface area contributed by atoms with Crippen molar-refractivity contribution < 1.29 is 19.2 Å². The van der Waals surface area contributed by atoms with E-state index in [1.54, 1.807) is 6.07 Å². The number of benzene rings is 1. The first-order chi connectivity index (χ1) is 13.1. The van der Waals surface area contributed by atoms with E-state index in [4.69, 9.17) is 9.26 Å². The van der Waals surface area contributed by atoms with Gasteiger partial charge in [-0.2, -0.15) is 0 Å². The maximum atomic E-state index is 12.7. The first-order valence-electron chi connectivity index (χ1n) is 8.47. The third-order valence-corrected chi connectivity index (χ3v) is 4.49. The van der Waals surface area contributed by atoms with Crippen LogP contribution in [0.25, 0.3) is 5.69 Å². The number of hydrogen-bond acceptors (Lipinski definition) is 8. The summed E-state index contributed by atoms with van der Waals surface area (Å²) in [7, 11) is 0. The van der Waals surface area contributed by atoms with Gasteiger partial charge in [0.25, 0.3) is 5.91 Å². The molecule has 1 aromatic carbocycles. The molecule has 10 nitrogen and oxygen atoms in total. The van der Waals surface area contributed by atoms with Crippen LogP contribution in [-0.2, 0) is 11.2 Å². The Morgan fingerprint density at radius 2 is 2.26 bits per heavy atom. The highest BCUT2D eigenvalue weighted by Crippen LogP contribution is 2.23. The predicted molar refractivity (Wildman–Crippen MR) is 91.3 cm³/mol. The molecule has 4 rings (SSSR count). The fourth-order valence-electron chi connectivity index (χ4n) is 3.10. The van der Waals surface area contributed by atoms with Gasteiger partial charge in [0.15, 0.2) is 0 Å². The SMILES string of the molecule is Cc1cc(C[C@@H]2COC[C@@H]2NC(=O)c2cc(-n3cnnn3)ccc2O)on1. The Balaban J connectivity index is 1.49. The fraction of sp³-hybridized carbons (Fsp3) is 0.353. The maximum Gasteiger partial charge on any atom is 0.255 e. The van der Waals surface area contributed by atoms with Gasteiger partial charge in [-0.05, 0) is 35.5 Å². The number of aromatic hydroxyl groups is 1. The Labute approximate surface area is 154 Å². The topological polar surface area (TPSA) is 128 Å². The number of carbonyl (C=O) groups is 1. The predicted octanol–water partition coefficient (Wildman–Crippen LogP) is 0.652. The standard InChI is InChI=1S/C17H18N6O4/c1-10-4-13(27-20-10)5-11-7-26-8-15(11)19-17(25)14-6-12(2-3-16(14)24)23-9-18-21-22-23/h2-4,6,9,11,15,24H,5,7-8H2,1H3,(H,19,25)/t11-,15+/m1/s1. The zero-order chi connectivity index (χ0) is 18.8. The summed E-state index contributed by atoms with van der Waals surface area (Å²) in [5.41, 5.74) is 1.53. The van der Waals surface area contributed by atoms with E-state index in [0.717, 1.165) is 11.5 Å². The number of rotatable bonds is 5. The Morgan fingerprint density at radius 1 is 1.37 bits per heavy atom. The Kier molecular flexibility index (Phi) is 4.55. The maximum absolute atomic E-state index is 12.7. The van der Waals surface area contributed by atoms with Crippen LogP contribution < -0.4 is 5.32 Å². The number of nitrogens with zero attached hydrogens (tertiary/aromatic N) is 5. The Morgan fingerprint density at radius 3 is 3.00 bits per heavy atom. The molecular weight excluding hydrogens is 352 g/mol. The summed E-state index contributed by atoms with van der Waals surface area (Å²) in [6.07, 6.45) is 2.02. The second-order valence-corrected chi connectivity index (χ2v) is 6.47. The lowest BCUT2D eigenvalue weighted by atomic mass is 9.97. The van der Waals surface area contributed by atoms with E-state index in [-0.39, 0.29) is 23.3 Å². The number of ether oxygens (including phenoxy) is 1. The van der Waals surface area contributed by atoms with Crippen LogP contribution in [0.5, 0.6) is 5.75 Å². The van der Waals surface area contributed by atoms with Gasteiger partial charge in [0.05, 0.1) is 36.2 Å². The van der Waals surface area contributed by atoms with Gasteiger partial charge in [0.1, 0.15) is 17.8 Å². The van der Waals surface area contributed by atoms with Crippen LogP contribution in [0.1, 0.15) is 21.8 Å². The lowest BCUT2D eigenvalue weighted by molar-refractivity contribution is 0.0922. The molecule has 0 aliphatic carbocycles. The van der Waals surface area contributed by atoms with Crippen molar-refractivity contribution in [2.75, 3.05) is 13.2 Å². The number of amides is 1. The summed E-state index contributed by atoms with van der Waals surface area (Å²) in [6, 6.07) is 6.27. The smallest absolute Gasteiger partial charge is 0.255 e. The monoisotopic (exact) mass is 370 g/mol. The summed E-state index contributed by atoms with van der Waals surface area (Å²) in [6.45, 7) is 2.77. The summed E-state index contributed by atoms with van der Waals surface area (Å²) in [4.78, 5) is 12.7. The number of tetrazole rings is 1. The average molecular weight is 370 g/mol. The van der Waals surface area contributed by atoms with Crippen LogP contribution in [0.15, 0.2) is 35.1 Å². The second-order valence-electron chi connectivity index (χ2n) is 6.47. The summed E-state index contributed by atoms with van der Waals surface area (Å²) < 4.78 is 12.2. The van der Waals surface area contributed by atoms with E-state index >= 15 is 0 Å². The molecule has 1 aliphatic heterocycles. The first-order valence-corrected chi connectivity index (χ1v) is 8.47. The van der Waals surface area contributed by atoms with Gasteiger partial charge in [-0.1, -0.05) is 5.16 Å². The number of aryl methyl sites for hydroxylation is 1. The molecule has 2 N–H and O–H groups in total. The van der Waals surface area contributed by atoms with Crippen molar-refractivity contribution >= 4 is 5.91 Å². The quantitative estimate of drug-likeness (QED) is 0.670. The van der Waals surface area contributed by atoms with E-state index < -0.39 is 5.91 Å². The van der Waals surface area contributed by atoms with Crippen LogP contribution in [0, 0.1) is 12.8 Å². The molecule has 1 saturated heterocycles. The van der Waals surface area contributed by atoms with Gasteiger partial charge in [-0.15, -0.1) is 5.10 Å². The van der Waals surface area contributed by atoms with Crippen molar-refractivity contribution in [3.63, 3.8) is 0 Å². The molecule has 2 atom stereocenters. The number of carbonyl (C=O) groups excluding carboxylic acids is 1. The molecule has 3 heterocycles. The fourth-order valence-corrected chi connectivity index (χ4v) is 3.10. The molecular formula is C17H18N6O4. The molecule has 1 amide bonds. The van der Waals surface area contributed by atoms with Gasteiger partial charge in [0.2, 0.25) is 0 Å². The summed E-state index contributed by atoms with van der Waals surface area (Å²) in [5, 5.41) is 27.9. The van der Waals surface area contributed by atoms with Gasteiger partial charge >= 0.3 is 0 Å². The molecule has 0 radical (unpaired) electrons. The molecule has 2 aromatic heterocycles. The molecule has 1 fully saturated rings. The van der Waals surface area contributed by atoms with Crippen molar-refractivity contribution in [2.24, 2.45) is 5.92 Å². The molecule has 0 unspecified atom stereocenters. The van der Waals surface area contributed by atoms with Crippen LogP contribution in [0.2, 0.25) is 0 Å². The van der Waals surface area contributed by atoms with E-state index in [1.165, 1.54) is 23.1 Å². The van der Waals surface area contributed by atoms with Gasteiger partial charge in [-0.25, -0.2) is 4.68 Å². The van der Waals surface area contributed by atoms with E-state index in [1.807, 2.05) is 13.0 Å². The highest BCUT2D eigenvalue weighted by Gasteiger charge is 2.31. The molecule has 1 aliphatic rings. The van der Waals surface area contributed by atoms with Gasteiger partial charge in [0, 0.05) is 18.4 Å². The lowest BCUT2D eigenvalue weighted by Crippen LogP contribution is -2.40. The highest BCUT2D eigenvalue weighted by atomic mass is 16.5. The van der Waals surface area contributed by atoms with Gasteiger partial charge in [-0.3, -0.25) is 4.79 Å². The van der Waals surface area contributed by atoms with Gasteiger partial charge < -0.3 is 19.7 Å². The molecule has 0 saturated carbocycles. The van der Waals surface area contributed by atoms with Crippen LogP contribution in [-0.4, -0.2) is 55.6 Å². The molecule has 27 heavy (non-hydrogen) atoms. The van der Waals surface area contributed by atoms with Crippen LogP contribution in [0.4, 0.5) is 0 Å². The van der Waals surface area contributed by atoms with E-state index in [2.05, 4.69) is 26.0 Å². The molecule has 0 spiro atoms. The average Bonchev–Trinajstić information content (AvgIpc) is 3.39. The van der Waals surface area contributed by atoms with Crippen molar-refractivity contribution in [1.29, 1.82) is 0 Å². The van der Waals surface area contributed by atoms with Crippen molar-refractivity contribution in [3.8, 4) is 11.4 Å². The normalized spacial score (nSPS) is 19.3. The summed E-state index contributed by atoms with van der Waals surface area (Å²) in [5.74, 6) is 0.305. The van der Waals surface area contributed by atoms with Crippen LogP contribution >= 0.6 is 0 Å². The number of phenolic OH excluding ortho intramolecular Hbond substituents is 1. The largest absolute Gasteiger partial charge is 0.507 e. The zero-order valence-electron chi connectivity index (χ0n) is 14.6. The van der Waals surface area contributed by atoms with Crippen molar-refractivity contribution in [2.45, 2.75) is 19.4 Å². The Hall–Kier alpha value is -3.27. The second kappa shape index (κ2) is 7.16. The number of hydrogen-bond donors (Lipinski definition) is 2. The minimum Gasteiger partial charge on any atom is -0.507 e. The summed E-state index contributed by atoms with van der Waals surface area (Å²) >= 11 is 0. The number of nitrogens with one attached hydrogen (secondary N) is 1. The van der Waals surface area contributed by atoms with Crippen molar-refractivity contribution in [3.05, 3.63) is 47.6 Å². The van der Waals surface area contributed by atoms with E-state index in [0.29, 0.717) is 25.3 Å². The molecule has 3 aromatic rings. The third-order valence-electron chi connectivity index (χ3n) is 4.49. The van der Waals surface area contributed by atoms with E-state index in [9.17, 15) is 9.90 Å². The first kappa shape index (κ1) is 17.2. The van der Waals surface area contributed by atoms with Crippen LogP contribution in [0.3, 0.4) is 0 Å². The minimum atomic E-state index is -0.392. The minimum absolute atomic E-state index is 0.0612.